The molecule has 0 amide bonds. The van der Waals surface area contributed by atoms with Crippen molar-refractivity contribution in [2.24, 2.45) is 16.6 Å². The fourth-order valence-electron chi connectivity index (χ4n) is 6.58. The van der Waals surface area contributed by atoms with E-state index in [9.17, 15) is 5.53 Å². The average molecular weight is 802 g/mol. The number of rotatable bonds is 19. The molecule has 4 aromatic carbocycles. The number of ether oxygens (including phenoxy) is 11. The standard InChI is InChI=1S/C42H51N5O11/c1-48-30-13-5-26(6-14-30)22-52-38-36(44)40(56-34-21-35(43)57-41(37(34)46-47-45)54-24-28-9-17-32(50-3)18-10-28)58-42(55-25-29-11-19-33(51-4)20-12-29)39(38)53-23-27-7-15-31(49-2)16-8-27/h5-20,34-42H,21-25,43-44H2,1-4H3. The van der Waals surface area contributed by atoms with Crippen molar-refractivity contribution >= 4 is 0 Å². The first-order valence-electron chi connectivity index (χ1n) is 18.8. The van der Waals surface area contributed by atoms with Gasteiger partial charge in [-0.3, -0.25) is 0 Å². The number of methoxy groups -OCH3 is 4. The smallest absolute Gasteiger partial charge is 0.189 e. The van der Waals surface area contributed by atoms with Crippen LogP contribution in [-0.4, -0.2) is 83.9 Å². The monoisotopic (exact) mass is 801 g/mol. The molecule has 310 valence electrons. The highest BCUT2D eigenvalue weighted by Crippen LogP contribution is 2.33. The Morgan fingerprint density at radius 3 is 1.36 bits per heavy atom. The molecule has 9 atom stereocenters. The molecule has 0 spiro atoms. The Hall–Kier alpha value is -4.97. The summed E-state index contributed by atoms with van der Waals surface area (Å²) in [6.07, 6.45) is -6.40. The van der Waals surface area contributed by atoms with Gasteiger partial charge in [-0.1, -0.05) is 53.6 Å². The van der Waals surface area contributed by atoms with Crippen LogP contribution in [0.2, 0.25) is 0 Å². The van der Waals surface area contributed by atoms with Gasteiger partial charge in [-0.2, -0.15) is 0 Å². The average Bonchev–Trinajstić information content (AvgIpc) is 3.26. The summed E-state index contributed by atoms with van der Waals surface area (Å²) in [5, 5.41) is 4.04. The minimum atomic E-state index is -1.14. The van der Waals surface area contributed by atoms with Gasteiger partial charge < -0.3 is 63.6 Å². The Balaban J connectivity index is 1.26. The number of hydrogen-bond acceptors (Lipinski definition) is 14. The van der Waals surface area contributed by atoms with Gasteiger partial charge in [-0.05, 0) is 76.3 Å². The van der Waals surface area contributed by atoms with Crippen LogP contribution in [0.1, 0.15) is 28.7 Å². The lowest BCUT2D eigenvalue weighted by molar-refractivity contribution is -0.356. The molecule has 16 heteroatoms. The first kappa shape index (κ1) is 42.6. The molecule has 2 saturated heterocycles. The lowest BCUT2D eigenvalue weighted by Gasteiger charge is -2.47. The van der Waals surface area contributed by atoms with Crippen molar-refractivity contribution in [1.82, 2.24) is 0 Å². The normalized spacial score (nSPS) is 25.7. The Morgan fingerprint density at radius 2 is 0.948 bits per heavy atom. The van der Waals surface area contributed by atoms with Gasteiger partial charge in [0.1, 0.15) is 47.5 Å². The highest BCUT2D eigenvalue weighted by molar-refractivity contribution is 5.29. The maximum absolute atomic E-state index is 9.66. The summed E-state index contributed by atoms with van der Waals surface area (Å²) in [4.78, 5) is 3.09. The van der Waals surface area contributed by atoms with E-state index in [1.54, 1.807) is 28.4 Å². The van der Waals surface area contributed by atoms with Crippen LogP contribution in [-0.2, 0) is 59.6 Å². The van der Waals surface area contributed by atoms with E-state index in [4.69, 9.17) is 63.6 Å². The van der Waals surface area contributed by atoms with E-state index in [1.807, 2.05) is 97.1 Å². The molecule has 0 radical (unpaired) electrons. The van der Waals surface area contributed by atoms with Crippen molar-refractivity contribution in [3.63, 3.8) is 0 Å². The first-order valence-corrected chi connectivity index (χ1v) is 18.8. The van der Waals surface area contributed by atoms with Gasteiger partial charge in [0, 0.05) is 11.3 Å². The van der Waals surface area contributed by atoms with E-state index >= 15 is 0 Å². The van der Waals surface area contributed by atoms with Crippen LogP contribution in [0.4, 0.5) is 0 Å². The maximum atomic E-state index is 9.66. The number of benzene rings is 4. The van der Waals surface area contributed by atoms with Crippen LogP contribution < -0.4 is 30.4 Å². The van der Waals surface area contributed by atoms with Crippen molar-refractivity contribution in [2.75, 3.05) is 28.4 Å². The summed E-state index contributed by atoms with van der Waals surface area (Å²) in [5.74, 6) is 2.84. The van der Waals surface area contributed by atoms with Crippen LogP contribution in [0.25, 0.3) is 10.4 Å². The Bertz CT molecular complexity index is 1880. The summed E-state index contributed by atoms with van der Waals surface area (Å²) in [7, 11) is 6.42. The highest BCUT2D eigenvalue weighted by Gasteiger charge is 2.50. The van der Waals surface area contributed by atoms with Gasteiger partial charge in [0.2, 0.25) is 0 Å². The van der Waals surface area contributed by atoms with Gasteiger partial charge >= 0.3 is 0 Å². The van der Waals surface area contributed by atoms with Gasteiger partial charge in [-0.15, -0.1) is 0 Å². The van der Waals surface area contributed by atoms with Crippen molar-refractivity contribution in [2.45, 2.75) is 88.3 Å². The number of hydrogen-bond donors (Lipinski definition) is 2. The van der Waals surface area contributed by atoms with Gasteiger partial charge in [0.25, 0.3) is 0 Å². The largest absolute Gasteiger partial charge is 0.497 e. The predicted octanol–water partition coefficient (Wildman–Crippen LogP) is 5.73. The zero-order valence-corrected chi connectivity index (χ0v) is 33.0. The Morgan fingerprint density at radius 1 is 0.552 bits per heavy atom. The second-order valence-electron chi connectivity index (χ2n) is 13.7. The molecule has 2 aliphatic heterocycles. The zero-order valence-electron chi connectivity index (χ0n) is 33.0. The lowest BCUT2D eigenvalue weighted by Crippen LogP contribution is -2.65. The fraction of sp³-hybridized carbons (Fsp3) is 0.429. The second kappa shape index (κ2) is 21.2. The van der Waals surface area contributed by atoms with E-state index < -0.39 is 55.5 Å². The summed E-state index contributed by atoms with van der Waals surface area (Å²) in [5.41, 5.74) is 26.5. The van der Waals surface area contributed by atoms with Crippen LogP contribution in [0.15, 0.2) is 102 Å². The number of nitrogens with two attached hydrogens (primary N) is 2. The lowest BCUT2D eigenvalue weighted by atomic mass is 9.99. The molecule has 2 aliphatic rings. The molecule has 0 aromatic heterocycles. The molecule has 6 rings (SSSR count). The van der Waals surface area contributed by atoms with Crippen LogP contribution in [0.3, 0.4) is 0 Å². The summed E-state index contributed by atoms with van der Waals surface area (Å²) in [6.45, 7) is 0.644. The molecule has 0 aliphatic carbocycles. The molecular formula is C42H51N5O11. The molecule has 16 nitrogen and oxygen atoms in total. The van der Waals surface area contributed by atoms with Crippen molar-refractivity contribution in [3.05, 3.63) is 130 Å². The topological polar surface area (TPSA) is 202 Å². The molecule has 2 fully saturated rings. The minimum absolute atomic E-state index is 0.140. The molecule has 0 saturated carbocycles. The third-order valence-corrected chi connectivity index (χ3v) is 9.83. The van der Waals surface area contributed by atoms with E-state index in [2.05, 4.69) is 10.0 Å². The second-order valence-corrected chi connectivity index (χ2v) is 13.7. The molecule has 2 heterocycles. The van der Waals surface area contributed by atoms with Crippen molar-refractivity contribution < 1.29 is 52.1 Å². The molecule has 0 bridgehead atoms. The number of nitrogens with zero attached hydrogens (tertiary/aromatic N) is 3. The van der Waals surface area contributed by atoms with Gasteiger partial charge in [0.15, 0.2) is 18.9 Å². The SMILES string of the molecule is COc1ccc(COC2OC(N)CC(OC3OC(OCc4ccc(OC)cc4)C(OCc4ccc(OC)cc4)C(OCc4ccc(OC)cc4)C3N)C2N=[N+]=[N-])cc1. The molecule has 4 aromatic rings. The van der Waals surface area contributed by atoms with E-state index in [0.717, 1.165) is 22.3 Å². The summed E-state index contributed by atoms with van der Waals surface area (Å²) >= 11 is 0. The minimum Gasteiger partial charge on any atom is -0.497 e. The number of azide groups is 1. The quantitative estimate of drug-likeness (QED) is 0.0662. The molecule has 4 N–H and O–H groups in total. The van der Waals surface area contributed by atoms with Crippen LogP contribution in [0, 0.1) is 0 Å². The van der Waals surface area contributed by atoms with Gasteiger partial charge in [0.05, 0.1) is 67.0 Å². The van der Waals surface area contributed by atoms with Crippen LogP contribution >= 0.6 is 0 Å². The van der Waals surface area contributed by atoms with Crippen LogP contribution in [0.5, 0.6) is 23.0 Å². The summed E-state index contributed by atoms with van der Waals surface area (Å²) < 4.78 is 66.2. The Kier molecular flexibility index (Phi) is 15.5. The van der Waals surface area contributed by atoms with Crippen molar-refractivity contribution in [1.29, 1.82) is 0 Å². The summed E-state index contributed by atoms with van der Waals surface area (Å²) in [6, 6.07) is 28.0. The maximum Gasteiger partial charge on any atom is 0.189 e. The van der Waals surface area contributed by atoms with E-state index in [0.29, 0.717) is 23.0 Å². The van der Waals surface area contributed by atoms with E-state index in [-0.39, 0.29) is 32.8 Å². The molecular weight excluding hydrogens is 750 g/mol. The third-order valence-electron chi connectivity index (χ3n) is 9.83. The van der Waals surface area contributed by atoms with Gasteiger partial charge in [-0.25, -0.2) is 0 Å². The third kappa shape index (κ3) is 11.4. The highest BCUT2D eigenvalue weighted by atomic mass is 16.8. The molecule has 9 unspecified atom stereocenters. The Labute approximate surface area is 337 Å². The van der Waals surface area contributed by atoms with E-state index in [1.165, 1.54) is 0 Å². The predicted molar refractivity (Wildman–Crippen MR) is 211 cm³/mol. The fourth-order valence-corrected chi connectivity index (χ4v) is 6.58. The molecule has 58 heavy (non-hydrogen) atoms. The first-order chi connectivity index (χ1) is 28.3. The van der Waals surface area contributed by atoms with Crippen molar-refractivity contribution in [3.8, 4) is 23.0 Å². The zero-order chi connectivity index (χ0) is 40.9.